The number of amides is 1. The van der Waals surface area contributed by atoms with Gasteiger partial charge in [0, 0.05) is 22.8 Å². The predicted molar refractivity (Wildman–Crippen MR) is 119 cm³/mol. The molecule has 0 saturated heterocycles. The van der Waals surface area contributed by atoms with Gasteiger partial charge in [-0.3, -0.25) is 9.59 Å². The summed E-state index contributed by atoms with van der Waals surface area (Å²) in [6, 6.07) is 17.2. The molecule has 1 aliphatic rings. The van der Waals surface area contributed by atoms with E-state index in [1.807, 2.05) is 47.8 Å². The first-order valence-electron chi connectivity index (χ1n) is 9.96. The van der Waals surface area contributed by atoms with E-state index in [-0.39, 0.29) is 11.8 Å². The summed E-state index contributed by atoms with van der Waals surface area (Å²) < 4.78 is 0. The highest BCUT2D eigenvalue weighted by Gasteiger charge is 2.24. The lowest BCUT2D eigenvalue weighted by Gasteiger charge is -2.23. The number of aryl methyl sites for hydroxylation is 1. The fraction of sp³-hybridized carbons (Fsp3) is 0.250. The molecule has 0 bridgehead atoms. The van der Waals surface area contributed by atoms with E-state index in [9.17, 15) is 9.59 Å². The minimum Gasteiger partial charge on any atom is -0.397 e. The van der Waals surface area contributed by atoms with Gasteiger partial charge in [-0.25, -0.2) is 0 Å². The molecule has 0 spiro atoms. The summed E-state index contributed by atoms with van der Waals surface area (Å²) in [5.74, 6) is 0.465. The Kier molecular flexibility index (Phi) is 5.76. The van der Waals surface area contributed by atoms with Gasteiger partial charge in [0.05, 0.1) is 11.4 Å². The molecule has 0 unspecified atom stereocenters. The maximum atomic E-state index is 12.7. The number of ketones is 1. The standard InChI is InChI=1S/C24H24N2O2S/c25-20-12-11-19(23-5-2-14-29-23)15-21(20)26-24(28)18-9-6-16(7-10-18)8-13-22(27)17-3-1-4-17/h2,5-7,9-12,14-15,17H,1,3-4,8,13,25H2,(H,26,28). The van der Waals surface area contributed by atoms with E-state index in [0.717, 1.165) is 35.3 Å². The molecule has 0 radical (unpaired) electrons. The van der Waals surface area contributed by atoms with Crippen molar-refractivity contribution in [3.05, 3.63) is 71.1 Å². The van der Waals surface area contributed by atoms with Crippen LogP contribution in [0.4, 0.5) is 11.4 Å². The number of carbonyl (C=O) groups is 2. The lowest BCUT2D eigenvalue weighted by Crippen LogP contribution is -2.22. The molecule has 1 heterocycles. The van der Waals surface area contributed by atoms with Crippen molar-refractivity contribution in [2.75, 3.05) is 11.1 Å². The molecule has 5 heteroatoms. The Labute approximate surface area is 174 Å². The Balaban J connectivity index is 1.39. The van der Waals surface area contributed by atoms with Gasteiger partial charge in [-0.15, -0.1) is 11.3 Å². The van der Waals surface area contributed by atoms with Crippen LogP contribution in [-0.2, 0) is 11.2 Å². The van der Waals surface area contributed by atoms with Crippen LogP contribution in [-0.4, -0.2) is 11.7 Å². The fourth-order valence-electron chi connectivity index (χ4n) is 3.48. The van der Waals surface area contributed by atoms with E-state index in [1.165, 1.54) is 6.42 Å². The monoisotopic (exact) mass is 404 g/mol. The highest BCUT2D eigenvalue weighted by Crippen LogP contribution is 2.31. The SMILES string of the molecule is Nc1ccc(-c2cccs2)cc1NC(=O)c1ccc(CCC(=O)C2CCC2)cc1. The van der Waals surface area contributed by atoms with Crippen LogP contribution < -0.4 is 11.1 Å². The van der Waals surface area contributed by atoms with Crippen LogP contribution in [0.1, 0.15) is 41.6 Å². The van der Waals surface area contributed by atoms with E-state index < -0.39 is 0 Å². The number of carbonyl (C=O) groups excluding carboxylic acids is 2. The van der Waals surface area contributed by atoms with Gasteiger partial charge in [0.1, 0.15) is 5.78 Å². The Morgan fingerprint density at radius 1 is 1.07 bits per heavy atom. The second-order valence-corrected chi connectivity index (χ2v) is 8.47. The van der Waals surface area contributed by atoms with E-state index in [4.69, 9.17) is 5.73 Å². The zero-order valence-electron chi connectivity index (χ0n) is 16.2. The molecule has 4 nitrogen and oxygen atoms in total. The molecule has 0 atom stereocenters. The highest BCUT2D eigenvalue weighted by atomic mass is 32.1. The third kappa shape index (κ3) is 4.57. The summed E-state index contributed by atoms with van der Waals surface area (Å²) in [5.41, 5.74) is 9.87. The van der Waals surface area contributed by atoms with Crippen LogP contribution >= 0.6 is 11.3 Å². The van der Waals surface area contributed by atoms with Gasteiger partial charge < -0.3 is 11.1 Å². The fourth-order valence-corrected chi connectivity index (χ4v) is 4.20. The average molecular weight is 405 g/mol. The molecule has 1 aliphatic carbocycles. The molecule has 1 fully saturated rings. The normalized spacial score (nSPS) is 13.7. The quantitative estimate of drug-likeness (QED) is 0.507. The number of benzene rings is 2. The van der Waals surface area contributed by atoms with Crippen molar-refractivity contribution in [2.45, 2.75) is 32.1 Å². The van der Waals surface area contributed by atoms with Gasteiger partial charge >= 0.3 is 0 Å². The van der Waals surface area contributed by atoms with Gasteiger partial charge in [-0.05, 0) is 66.1 Å². The lowest BCUT2D eigenvalue weighted by molar-refractivity contribution is -0.125. The molecule has 4 rings (SSSR count). The van der Waals surface area contributed by atoms with Crippen molar-refractivity contribution in [1.29, 1.82) is 0 Å². The predicted octanol–water partition coefficient (Wildman–Crippen LogP) is 5.55. The number of hydrogen-bond acceptors (Lipinski definition) is 4. The Morgan fingerprint density at radius 3 is 2.52 bits per heavy atom. The molecule has 2 aromatic carbocycles. The van der Waals surface area contributed by atoms with Crippen LogP contribution in [0.2, 0.25) is 0 Å². The van der Waals surface area contributed by atoms with Crippen LogP contribution in [0.5, 0.6) is 0 Å². The third-order valence-electron chi connectivity index (χ3n) is 5.54. The van der Waals surface area contributed by atoms with Gasteiger partial charge in [-0.2, -0.15) is 0 Å². The third-order valence-corrected chi connectivity index (χ3v) is 6.46. The van der Waals surface area contributed by atoms with Crippen LogP contribution in [0.3, 0.4) is 0 Å². The zero-order chi connectivity index (χ0) is 20.2. The molecule has 29 heavy (non-hydrogen) atoms. The smallest absolute Gasteiger partial charge is 0.255 e. The van der Waals surface area contributed by atoms with Crippen molar-refractivity contribution in [3.63, 3.8) is 0 Å². The van der Waals surface area contributed by atoms with Gasteiger partial charge in [-0.1, -0.05) is 30.7 Å². The first-order chi connectivity index (χ1) is 14.1. The second kappa shape index (κ2) is 8.62. The molecular formula is C24H24N2O2S. The molecule has 3 N–H and O–H groups in total. The van der Waals surface area contributed by atoms with Crippen LogP contribution in [0.25, 0.3) is 10.4 Å². The minimum atomic E-state index is -0.197. The number of nitrogen functional groups attached to an aromatic ring is 1. The maximum absolute atomic E-state index is 12.7. The summed E-state index contributed by atoms with van der Waals surface area (Å²) >= 11 is 1.64. The highest BCUT2D eigenvalue weighted by molar-refractivity contribution is 7.13. The molecular weight excluding hydrogens is 380 g/mol. The lowest BCUT2D eigenvalue weighted by atomic mass is 9.80. The molecule has 1 saturated carbocycles. The van der Waals surface area contributed by atoms with Crippen LogP contribution in [0.15, 0.2) is 60.0 Å². The number of rotatable bonds is 7. The molecule has 148 valence electrons. The van der Waals surface area contributed by atoms with Crippen molar-refractivity contribution >= 4 is 34.4 Å². The number of anilines is 2. The number of nitrogens with two attached hydrogens (primary N) is 1. The molecule has 0 aliphatic heterocycles. The average Bonchev–Trinajstić information content (AvgIpc) is 3.22. The number of thiophene rings is 1. The summed E-state index contributed by atoms with van der Waals surface area (Å²) in [7, 11) is 0. The summed E-state index contributed by atoms with van der Waals surface area (Å²) in [6.07, 6.45) is 4.60. The van der Waals surface area contributed by atoms with Crippen molar-refractivity contribution in [3.8, 4) is 10.4 Å². The summed E-state index contributed by atoms with van der Waals surface area (Å²) in [6.45, 7) is 0. The van der Waals surface area contributed by atoms with Gasteiger partial charge in [0.15, 0.2) is 0 Å². The topological polar surface area (TPSA) is 72.2 Å². The molecule has 1 aromatic heterocycles. The first-order valence-corrected chi connectivity index (χ1v) is 10.8. The minimum absolute atomic E-state index is 0.197. The Hall–Kier alpha value is -2.92. The van der Waals surface area contributed by atoms with E-state index in [0.29, 0.717) is 29.1 Å². The van der Waals surface area contributed by atoms with E-state index in [1.54, 1.807) is 23.5 Å². The van der Waals surface area contributed by atoms with Crippen LogP contribution in [0, 0.1) is 5.92 Å². The molecule has 1 amide bonds. The first kappa shape index (κ1) is 19.4. The molecule has 3 aromatic rings. The number of nitrogens with one attached hydrogen (secondary N) is 1. The maximum Gasteiger partial charge on any atom is 0.255 e. The Bertz CT molecular complexity index is 1010. The van der Waals surface area contributed by atoms with Gasteiger partial charge in [0.2, 0.25) is 0 Å². The van der Waals surface area contributed by atoms with Crippen molar-refractivity contribution in [1.82, 2.24) is 0 Å². The van der Waals surface area contributed by atoms with Gasteiger partial charge in [0.25, 0.3) is 5.91 Å². The van der Waals surface area contributed by atoms with E-state index in [2.05, 4.69) is 5.32 Å². The summed E-state index contributed by atoms with van der Waals surface area (Å²) in [4.78, 5) is 25.8. The summed E-state index contributed by atoms with van der Waals surface area (Å²) in [5, 5.41) is 4.93. The van der Waals surface area contributed by atoms with Crippen molar-refractivity contribution in [2.24, 2.45) is 5.92 Å². The van der Waals surface area contributed by atoms with E-state index >= 15 is 0 Å². The largest absolute Gasteiger partial charge is 0.397 e. The number of hydrogen-bond donors (Lipinski definition) is 2. The Morgan fingerprint density at radius 2 is 1.86 bits per heavy atom. The number of Topliss-reactive ketones (excluding diaryl/α,β-unsaturated/α-hetero) is 1. The van der Waals surface area contributed by atoms with Crippen molar-refractivity contribution < 1.29 is 9.59 Å². The zero-order valence-corrected chi connectivity index (χ0v) is 17.0. The second-order valence-electron chi connectivity index (χ2n) is 7.52.